The Morgan fingerprint density at radius 2 is 1.49 bits per heavy atom. The molecule has 7 rings (SSSR count). The Balaban J connectivity index is 1.17. The van der Waals surface area contributed by atoms with E-state index in [2.05, 4.69) is 54.5 Å². The Morgan fingerprint density at radius 1 is 0.800 bits per heavy atom. The maximum Gasteiger partial charge on any atom is 0.318 e. The first-order valence-corrected chi connectivity index (χ1v) is 21.0. The monoisotopic (exact) mass is 776 g/mol. The van der Waals surface area contributed by atoms with Gasteiger partial charge in [0, 0.05) is 12.5 Å². The highest BCUT2D eigenvalue weighted by atomic mass is 16.7. The van der Waals surface area contributed by atoms with Crippen molar-refractivity contribution in [3.05, 3.63) is 22.8 Å². The third-order valence-electron chi connectivity index (χ3n) is 17.5. The van der Waals surface area contributed by atoms with Crippen molar-refractivity contribution in [2.75, 3.05) is 13.2 Å². The number of aliphatic hydroxyl groups excluding tert-OH is 8. The number of hydrogen-bond donors (Lipinski definition) is 8. The van der Waals surface area contributed by atoms with Crippen LogP contribution in [-0.4, -0.2) is 121 Å². The molecule has 1 aliphatic heterocycles. The zero-order valence-electron chi connectivity index (χ0n) is 33.9. The van der Waals surface area contributed by atoms with Crippen LogP contribution in [0, 0.1) is 50.7 Å². The minimum Gasteiger partial charge on any atom is -0.432 e. The van der Waals surface area contributed by atoms with Crippen molar-refractivity contribution in [2.24, 2.45) is 50.7 Å². The Morgan fingerprint density at radius 3 is 2.16 bits per heavy atom. The van der Waals surface area contributed by atoms with Gasteiger partial charge in [-0.1, -0.05) is 53.2 Å². The summed E-state index contributed by atoms with van der Waals surface area (Å²) >= 11 is 0. The first-order chi connectivity index (χ1) is 25.7. The molecule has 0 aromatic carbocycles. The van der Waals surface area contributed by atoms with E-state index in [0.29, 0.717) is 24.7 Å². The second kappa shape index (κ2) is 14.4. The van der Waals surface area contributed by atoms with Crippen molar-refractivity contribution in [1.29, 1.82) is 0 Å². The van der Waals surface area contributed by atoms with Crippen LogP contribution in [0.1, 0.15) is 113 Å². The van der Waals surface area contributed by atoms with E-state index in [4.69, 9.17) is 14.2 Å². The van der Waals surface area contributed by atoms with Crippen LogP contribution >= 0.6 is 0 Å². The van der Waals surface area contributed by atoms with Crippen molar-refractivity contribution in [3.63, 3.8) is 0 Å². The minimum absolute atomic E-state index is 0.0181. The van der Waals surface area contributed by atoms with Crippen LogP contribution in [0.25, 0.3) is 0 Å². The van der Waals surface area contributed by atoms with Gasteiger partial charge in [-0.2, -0.15) is 0 Å². The molecule has 0 bridgehead atoms. The highest BCUT2D eigenvalue weighted by Gasteiger charge is 2.69. The minimum atomic E-state index is -1.66. The highest BCUT2D eigenvalue weighted by Crippen LogP contribution is 2.75. The van der Waals surface area contributed by atoms with E-state index in [-0.39, 0.29) is 46.7 Å². The molecule has 7 aliphatic rings. The molecule has 1 saturated heterocycles. The van der Waals surface area contributed by atoms with Crippen molar-refractivity contribution in [1.82, 2.24) is 0 Å². The maximum absolute atomic E-state index is 14.6. The molecule has 1 heterocycles. The largest absolute Gasteiger partial charge is 0.432 e. The highest BCUT2D eigenvalue weighted by molar-refractivity contribution is 5.84. The molecule has 0 amide bonds. The first-order valence-electron chi connectivity index (χ1n) is 21.0. The molecule has 0 spiro atoms. The maximum atomic E-state index is 14.6. The van der Waals surface area contributed by atoms with E-state index in [1.165, 1.54) is 11.1 Å². The molecule has 0 aromatic heterocycles. The van der Waals surface area contributed by atoms with E-state index < -0.39 is 79.0 Å². The second-order valence-electron chi connectivity index (χ2n) is 20.1. The topological polar surface area (TPSA) is 207 Å². The van der Waals surface area contributed by atoms with Crippen LogP contribution in [0.15, 0.2) is 22.8 Å². The molecule has 0 radical (unpaired) electrons. The second-order valence-corrected chi connectivity index (χ2v) is 20.1. The van der Waals surface area contributed by atoms with Crippen LogP contribution in [0.2, 0.25) is 0 Å². The molecule has 0 aromatic rings. The van der Waals surface area contributed by atoms with Crippen LogP contribution in [-0.2, 0) is 19.0 Å². The molecule has 312 valence electrons. The lowest BCUT2D eigenvalue weighted by Gasteiger charge is -2.70. The SMILES string of the molecule is CC1=C2C3=CCC4C5(C)CCC(OC6CC(CO)C(O)C(O)C6O)C(C)(C)C5CCC4(C)C3(C)CCC2(C(=O)OC2OC(CO)C(O)C(O)C2O)CCC1C. The van der Waals surface area contributed by atoms with Crippen LogP contribution in [0.3, 0.4) is 0 Å². The van der Waals surface area contributed by atoms with Gasteiger partial charge in [0.2, 0.25) is 6.29 Å². The first kappa shape index (κ1) is 41.7. The van der Waals surface area contributed by atoms with Crippen LogP contribution < -0.4 is 0 Å². The van der Waals surface area contributed by atoms with Crippen molar-refractivity contribution in [2.45, 2.75) is 174 Å². The molecule has 12 nitrogen and oxygen atoms in total. The third-order valence-corrected chi connectivity index (χ3v) is 17.5. The van der Waals surface area contributed by atoms with Gasteiger partial charge in [0.25, 0.3) is 0 Å². The number of ether oxygens (including phenoxy) is 3. The lowest BCUT2D eigenvalue weighted by molar-refractivity contribution is -0.295. The molecular formula is C43H68O12. The molecule has 18 atom stereocenters. The third kappa shape index (κ3) is 6.00. The van der Waals surface area contributed by atoms with Crippen molar-refractivity contribution < 1.29 is 59.9 Å². The summed E-state index contributed by atoms with van der Waals surface area (Å²) in [6.07, 6.45) is -2.17. The van der Waals surface area contributed by atoms with Gasteiger partial charge in [-0.15, -0.1) is 0 Å². The van der Waals surface area contributed by atoms with Crippen LogP contribution in [0.5, 0.6) is 0 Å². The Bertz CT molecular complexity index is 1540. The summed E-state index contributed by atoms with van der Waals surface area (Å²) in [4.78, 5) is 14.6. The molecule has 55 heavy (non-hydrogen) atoms. The standard InChI is InChI=1S/C43H68O12/c1-21-10-15-43(38(52)55-37-36(51)35(50)33(48)26(20-45)54-37)17-16-41(6)24(30(43)22(21)2)8-9-28-40(5)13-12-29(39(3,4)27(40)11-14-42(28,41)7)53-25-18-23(19-44)31(46)34(49)32(25)47/h8,21,23,25-29,31-37,44-51H,9-20H2,1-7H3. The molecule has 4 saturated carbocycles. The van der Waals surface area contributed by atoms with Gasteiger partial charge >= 0.3 is 5.97 Å². The molecule has 6 aliphatic carbocycles. The molecule has 12 heteroatoms. The number of hydrogen-bond acceptors (Lipinski definition) is 12. The summed E-state index contributed by atoms with van der Waals surface area (Å²) in [5, 5.41) is 83.2. The van der Waals surface area contributed by atoms with Crippen molar-refractivity contribution >= 4 is 5.97 Å². The fraction of sp³-hybridized carbons (Fsp3) is 0.884. The summed E-state index contributed by atoms with van der Waals surface area (Å²) < 4.78 is 18.3. The number of carbonyl (C=O) groups is 1. The Labute approximate surface area is 326 Å². The predicted octanol–water partition coefficient (Wildman–Crippen LogP) is 2.90. The number of allylic oxidation sites excluding steroid dienone is 3. The zero-order valence-corrected chi connectivity index (χ0v) is 33.9. The van der Waals surface area contributed by atoms with Crippen molar-refractivity contribution in [3.8, 4) is 0 Å². The lowest BCUT2D eigenvalue weighted by atomic mass is 9.34. The van der Waals surface area contributed by atoms with Gasteiger partial charge in [0.1, 0.15) is 36.6 Å². The zero-order chi connectivity index (χ0) is 40.2. The van der Waals surface area contributed by atoms with Gasteiger partial charge in [0.05, 0.1) is 30.3 Å². The average molecular weight is 777 g/mol. The Kier molecular flexibility index (Phi) is 10.9. The number of aliphatic hydroxyl groups is 8. The van der Waals surface area contributed by atoms with Gasteiger partial charge < -0.3 is 55.1 Å². The average Bonchev–Trinajstić information content (AvgIpc) is 3.14. The number of fused-ring (bicyclic) bond motifs is 7. The summed E-state index contributed by atoms with van der Waals surface area (Å²) in [5.41, 5.74) is 1.94. The predicted molar refractivity (Wildman–Crippen MR) is 201 cm³/mol. The quantitative estimate of drug-likeness (QED) is 0.184. The van der Waals surface area contributed by atoms with E-state index in [9.17, 15) is 45.6 Å². The molecule has 18 unspecified atom stereocenters. The fourth-order valence-electron chi connectivity index (χ4n) is 13.6. The smallest absolute Gasteiger partial charge is 0.318 e. The fourth-order valence-corrected chi connectivity index (χ4v) is 13.6. The van der Waals surface area contributed by atoms with E-state index in [0.717, 1.165) is 50.5 Å². The molecular weight excluding hydrogens is 708 g/mol. The summed E-state index contributed by atoms with van der Waals surface area (Å²) in [7, 11) is 0. The summed E-state index contributed by atoms with van der Waals surface area (Å²) in [6.45, 7) is 15.4. The van der Waals surface area contributed by atoms with Gasteiger partial charge in [-0.25, -0.2) is 0 Å². The molecule has 5 fully saturated rings. The Hall–Kier alpha value is -1.45. The summed E-state index contributed by atoms with van der Waals surface area (Å²) in [6, 6.07) is 0. The number of rotatable bonds is 6. The van der Waals surface area contributed by atoms with Gasteiger partial charge in [0.15, 0.2) is 0 Å². The van der Waals surface area contributed by atoms with E-state index in [1.807, 2.05) is 0 Å². The van der Waals surface area contributed by atoms with E-state index in [1.54, 1.807) is 0 Å². The normalized spacial score (nSPS) is 52.2. The van der Waals surface area contributed by atoms with E-state index >= 15 is 0 Å². The van der Waals surface area contributed by atoms with Gasteiger partial charge in [-0.3, -0.25) is 4.79 Å². The van der Waals surface area contributed by atoms with Crippen LogP contribution in [0.4, 0.5) is 0 Å². The van der Waals surface area contributed by atoms with Gasteiger partial charge in [-0.05, 0) is 122 Å². The molecule has 8 N–H and O–H groups in total. The summed E-state index contributed by atoms with van der Waals surface area (Å²) in [5.74, 6) is -0.110. The number of carbonyl (C=O) groups excluding carboxylic acids is 1. The lowest BCUT2D eigenvalue weighted by Crippen LogP contribution is -2.65. The number of esters is 1.